The van der Waals surface area contributed by atoms with E-state index >= 15 is 0 Å². The Morgan fingerprint density at radius 1 is 1.23 bits per heavy atom. The van der Waals surface area contributed by atoms with E-state index in [2.05, 4.69) is 33.2 Å². The summed E-state index contributed by atoms with van der Waals surface area (Å²) < 4.78 is 8.51. The Balaban J connectivity index is 1.57. The van der Waals surface area contributed by atoms with Crippen molar-refractivity contribution in [3.8, 4) is 0 Å². The predicted molar refractivity (Wildman–Crippen MR) is 88.2 cm³/mol. The molecule has 2 aromatic carbocycles. The standard InChI is InChI=1S/C16H15N3O2S/c20-16-18-14-5-4-11(8-15(14)21-16)22-19-13-3-1-2-10-9-17-7-6-12(10)13/h1-5,8,17,19H,6-7,9H2,(H,18,20). The highest BCUT2D eigenvalue weighted by atomic mass is 32.2. The van der Waals surface area contributed by atoms with Crippen LogP contribution >= 0.6 is 11.9 Å². The van der Waals surface area contributed by atoms with Crippen LogP contribution in [0.3, 0.4) is 0 Å². The second-order valence-corrected chi connectivity index (χ2v) is 6.13. The van der Waals surface area contributed by atoms with Crippen molar-refractivity contribution in [3.63, 3.8) is 0 Å². The summed E-state index contributed by atoms with van der Waals surface area (Å²) in [7, 11) is 0. The predicted octanol–water partition coefficient (Wildman–Crippen LogP) is 2.89. The molecule has 0 unspecified atom stereocenters. The number of aromatic nitrogens is 1. The minimum absolute atomic E-state index is 0.422. The number of rotatable bonds is 3. The van der Waals surface area contributed by atoms with Gasteiger partial charge in [-0.1, -0.05) is 12.1 Å². The molecule has 1 aromatic heterocycles. The van der Waals surface area contributed by atoms with E-state index in [1.54, 1.807) is 0 Å². The molecular weight excluding hydrogens is 298 g/mol. The molecule has 1 aliphatic heterocycles. The Hall–Kier alpha value is -2.18. The number of fused-ring (bicyclic) bond motifs is 2. The molecule has 6 heteroatoms. The Morgan fingerprint density at radius 2 is 2.18 bits per heavy atom. The van der Waals surface area contributed by atoms with Gasteiger partial charge in [-0.25, -0.2) is 4.79 Å². The van der Waals surface area contributed by atoms with Crippen LogP contribution in [-0.4, -0.2) is 11.5 Å². The maximum Gasteiger partial charge on any atom is 0.417 e. The van der Waals surface area contributed by atoms with Crippen LogP contribution in [-0.2, 0) is 13.0 Å². The van der Waals surface area contributed by atoms with Gasteiger partial charge in [0.05, 0.1) is 5.52 Å². The molecule has 0 atom stereocenters. The molecule has 5 nitrogen and oxygen atoms in total. The maximum atomic E-state index is 11.2. The first kappa shape index (κ1) is 13.5. The molecule has 0 saturated carbocycles. The molecule has 0 aliphatic carbocycles. The largest absolute Gasteiger partial charge is 0.417 e. The van der Waals surface area contributed by atoms with E-state index in [0.717, 1.165) is 35.6 Å². The second-order valence-electron chi connectivity index (χ2n) is 5.25. The van der Waals surface area contributed by atoms with Gasteiger partial charge in [-0.05, 0) is 60.3 Å². The van der Waals surface area contributed by atoms with Crippen molar-refractivity contribution in [2.75, 3.05) is 11.3 Å². The zero-order valence-corrected chi connectivity index (χ0v) is 12.6. The number of nitrogens with one attached hydrogen (secondary N) is 3. The van der Waals surface area contributed by atoms with Crippen molar-refractivity contribution < 1.29 is 4.42 Å². The molecule has 0 amide bonds. The first-order chi connectivity index (χ1) is 10.8. The Morgan fingerprint density at radius 3 is 3.14 bits per heavy atom. The lowest BCUT2D eigenvalue weighted by Crippen LogP contribution is -2.24. The molecule has 0 radical (unpaired) electrons. The molecule has 2 heterocycles. The SMILES string of the molecule is O=c1[nH]c2ccc(SNc3cccc4c3CCNC4)cc2o1. The van der Waals surface area contributed by atoms with Gasteiger partial charge in [0, 0.05) is 17.1 Å². The first-order valence-corrected chi connectivity index (χ1v) is 7.98. The number of oxazole rings is 1. The van der Waals surface area contributed by atoms with E-state index in [0.29, 0.717) is 5.58 Å². The average molecular weight is 313 g/mol. The van der Waals surface area contributed by atoms with Crippen LogP contribution in [0.25, 0.3) is 11.1 Å². The fraction of sp³-hybridized carbons (Fsp3) is 0.188. The van der Waals surface area contributed by atoms with Crippen molar-refractivity contribution in [2.45, 2.75) is 17.9 Å². The molecule has 22 heavy (non-hydrogen) atoms. The first-order valence-electron chi connectivity index (χ1n) is 7.17. The third-order valence-electron chi connectivity index (χ3n) is 3.81. The fourth-order valence-electron chi connectivity index (χ4n) is 2.73. The quantitative estimate of drug-likeness (QED) is 0.649. The number of hydrogen-bond donors (Lipinski definition) is 3. The molecule has 0 saturated heterocycles. The smallest absolute Gasteiger partial charge is 0.408 e. The summed E-state index contributed by atoms with van der Waals surface area (Å²) in [6, 6.07) is 12.0. The van der Waals surface area contributed by atoms with Gasteiger partial charge >= 0.3 is 5.76 Å². The summed E-state index contributed by atoms with van der Waals surface area (Å²) in [4.78, 5) is 14.8. The third kappa shape index (κ3) is 2.51. The molecule has 0 fully saturated rings. The van der Waals surface area contributed by atoms with Crippen LogP contribution in [0.4, 0.5) is 5.69 Å². The van der Waals surface area contributed by atoms with Crippen LogP contribution in [0.1, 0.15) is 11.1 Å². The van der Waals surface area contributed by atoms with Crippen LogP contribution in [0.2, 0.25) is 0 Å². The zero-order valence-electron chi connectivity index (χ0n) is 11.8. The molecule has 4 rings (SSSR count). The van der Waals surface area contributed by atoms with Crippen LogP contribution < -0.4 is 15.8 Å². The van der Waals surface area contributed by atoms with Gasteiger partial charge in [0.2, 0.25) is 0 Å². The second kappa shape index (κ2) is 5.55. The lowest BCUT2D eigenvalue weighted by Gasteiger charge is -2.20. The maximum absolute atomic E-state index is 11.2. The number of aromatic amines is 1. The van der Waals surface area contributed by atoms with Crippen molar-refractivity contribution in [3.05, 3.63) is 58.1 Å². The van der Waals surface area contributed by atoms with Gasteiger partial charge in [0.15, 0.2) is 5.58 Å². The van der Waals surface area contributed by atoms with E-state index in [-0.39, 0.29) is 0 Å². The van der Waals surface area contributed by atoms with Gasteiger partial charge in [-0.2, -0.15) is 0 Å². The van der Waals surface area contributed by atoms with E-state index in [1.807, 2.05) is 18.2 Å². The molecule has 3 N–H and O–H groups in total. The summed E-state index contributed by atoms with van der Waals surface area (Å²) >= 11 is 1.52. The fourth-order valence-corrected chi connectivity index (χ4v) is 3.45. The monoisotopic (exact) mass is 313 g/mol. The molecule has 3 aromatic rings. The van der Waals surface area contributed by atoms with E-state index in [9.17, 15) is 4.79 Å². The minimum Gasteiger partial charge on any atom is -0.408 e. The van der Waals surface area contributed by atoms with Gasteiger partial charge in [0.25, 0.3) is 0 Å². The van der Waals surface area contributed by atoms with Crippen molar-refractivity contribution in [1.29, 1.82) is 0 Å². The molecule has 0 bridgehead atoms. The molecule has 112 valence electrons. The number of anilines is 1. The highest BCUT2D eigenvalue weighted by Crippen LogP contribution is 2.29. The summed E-state index contributed by atoms with van der Waals surface area (Å²) in [5.74, 6) is -0.422. The van der Waals surface area contributed by atoms with Crippen LogP contribution in [0, 0.1) is 0 Å². The number of H-pyrrole nitrogens is 1. The third-order valence-corrected chi connectivity index (χ3v) is 4.62. The van der Waals surface area contributed by atoms with Crippen molar-refractivity contribution in [2.24, 2.45) is 0 Å². The van der Waals surface area contributed by atoms with Crippen molar-refractivity contribution in [1.82, 2.24) is 10.3 Å². The number of hydrogen-bond acceptors (Lipinski definition) is 5. The van der Waals surface area contributed by atoms with E-state index < -0.39 is 5.76 Å². The Kier molecular flexibility index (Phi) is 3.40. The summed E-state index contributed by atoms with van der Waals surface area (Å²) in [5.41, 5.74) is 5.18. The van der Waals surface area contributed by atoms with Crippen molar-refractivity contribution >= 4 is 28.7 Å². The van der Waals surface area contributed by atoms with Crippen LogP contribution in [0.15, 0.2) is 50.5 Å². The summed E-state index contributed by atoms with van der Waals surface area (Å²) in [6.45, 7) is 1.94. The normalized spacial score (nSPS) is 14.0. The lowest BCUT2D eigenvalue weighted by molar-refractivity contribution is 0.555. The highest BCUT2D eigenvalue weighted by molar-refractivity contribution is 8.00. The minimum atomic E-state index is -0.422. The summed E-state index contributed by atoms with van der Waals surface area (Å²) in [6.07, 6.45) is 1.03. The number of benzene rings is 2. The Labute approximate surface area is 131 Å². The highest BCUT2D eigenvalue weighted by Gasteiger charge is 2.12. The molecular formula is C16H15N3O2S. The average Bonchev–Trinajstić information content (AvgIpc) is 2.92. The van der Waals surface area contributed by atoms with Gasteiger partial charge in [0.1, 0.15) is 0 Å². The van der Waals surface area contributed by atoms with Gasteiger partial charge in [-0.15, -0.1) is 0 Å². The van der Waals surface area contributed by atoms with E-state index in [1.165, 1.54) is 23.1 Å². The van der Waals surface area contributed by atoms with E-state index in [4.69, 9.17) is 4.42 Å². The van der Waals surface area contributed by atoms with Gasteiger partial charge in [-0.3, -0.25) is 4.98 Å². The van der Waals surface area contributed by atoms with Crippen LogP contribution in [0.5, 0.6) is 0 Å². The zero-order chi connectivity index (χ0) is 14.9. The molecule has 0 spiro atoms. The Bertz CT molecular complexity index is 884. The molecule has 1 aliphatic rings. The van der Waals surface area contributed by atoms with Gasteiger partial charge < -0.3 is 14.5 Å². The topological polar surface area (TPSA) is 70.1 Å². The lowest BCUT2D eigenvalue weighted by atomic mass is 9.99. The summed E-state index contributed by atoms with van der Waals surface area (Å²) in [5, 5.41) is 3.38.